The summed E-state index contributed by atoms with van der Waals surface area (Å²) in [5.41, 5.74) is 0.215. The van der Waals surface area contributed by atoms with Crippen LogP contribution in [0, 0.1) is 0 Å². The lowest BCUT2D eigenvalue weighted by Gasteiger charge is -2.13. The summed E-state index contributed by atoms with van der Waals surface area (Å²) in [6.07, 6.45) is 0.783. The molecule has 0 amide bonds. The molecule has 2 aromatic heterocycles. The summed E-state index contributed by atoms with van der Waals surface area (Å²) in [5.74, 6) is 0.187. The molecule has 26 heavy (non-hydrogen) atoms. The van der Waals surface area contributed by atoms with Gasteiger partial charge in [0.2, 0.25) is 0 Å². The normalized spacial score (nSPS) is 10.9. The number of hydrogen-bond acceptors (Lipinski definition) is 6. The van der Waals surface area contributed by atoms with Gasteiger partial charge in [0.15, 0.2) is 11.5 Å². The Morgan fingerprint density at radius 3 is 2.58 bits per heavy atom. The second kappa shape index (κ2) is 7.17. The summed E-state index contributed by atoms with van der Waals surface area (Å²) in [7, 11) is 3.04. The number of carbonyl (C=O) groups is 1. The van der Waals surface area contributed by atoms with Crippen LogP contribution in [0.3, 0.4) is 0 Å². The van der Waals surface area contributed by atoms with Crippen molar-refractivity contribution in [1.82, 2.24) is 9.55 Å². The van der Waals surface area contributed by atoms with Crippen LogP contribution in [-0.4, -0.2) is 34.8 Å². The number of methoxy groups -OCH3 is 2. The van der Waals surface area contributed by atoms with E-state index in [-0.39, 0.29) is 11.4 Å². The maximum absolute atomic E-state index is 12.9. The zero-order valence-corrected chi connectivity index (χ0v) is 15.4. The Morgan fingerprint density at radius 1 is 1.23 bits per heavy atom. The fraction of sp³-hybridized carbons (Fsp3) is 0.278. The van der Waals surface area contributed by atoms with E-state index in [0.717, 1.165) is 11.3 Å². The Morgan fingerprint density at radius 2 is 1.96 bits per heavy atom. The Balaban J connectivity index is 2.29. The third kappa shape index (κ3) is 3.15. The number of thiophene rings is 1. The van der Waals surface area contributed by atoms with Gasteiger partial charge < -0.3 is 14.6 Å². The van der Waals surface area contributed by atoms with Crippen molar-refractivity contribution in [3.63, 3.8) is 0 Å². The summed E-state index contributed by atoms with van der Waals surface area (Å²) < 4.78 is 11.7. The lowest BCUT2D eigenvalue weighted by Crippen LogP contribution is -2.26. The molecule has 3 aromatic rings. The quantitative estimate of drug-likeness (QED) is 0.713. The van der Waals surface area contributed by atoms with Crippen LogP contribution in [0.4, 0.5) is 0 Å². The topological polar surface area (TPSA) is 90.7 Å². The lowest BCUT2D eigenvalue weighted by molar-refractivity contribution is -0.137. The van der Waals surface area contributed by atoms with E-state index in [1.54, 1.807) is 24.3 Å². The van der Waals surface area contributed by atoms with Crippen molar-refractivity contribution in [1.29, 1.82) is 0 Å². The number of carboxylic acid groups (broad SMARTS) is 1. The number of benzene rings is 1. The average Bonchev–Trinajstić information content (AvgIpc) is 3.06. The highest BCUT2D eigenvalue weighted by Crippen LogP contribution is 2.32. The number of ether oxygens (including phenoxy) is 2. The molecule has 136 valence electrons. The number of rotatable bonds is 6. The third-order valence-corrected chi connectivity index (χ3v) is 5.16. The predicted molar refractivity (Wildman–Crippen MR) is 99.4 cm³/mol. The Hall–Kier alpha value is -2.87. The van der Waals surface area contributed by atoms with E-state index in [2.05, 4.69) is 4.98 Å². The highest BCUT2D eigenvalue weighted by atomic mass is 32.1. The maximum atomic E-state index is 12.9. The van der Waals surface area contributed by atoms with Gasteiger partial charge in [-0.1, -0.05) is 6.92 Å². The highest BCUT2D eigenvalue weighted by molar-refractivity contribution is 7.18. The molecule has 2 heterocycles. The third-order valence-electron chi connectivity index (χ3n) is 3.99. The van der Waals surface area contributed by atoms with Crippen molar-refractivity contribution in [3.05, 3.63) is 39.5 Å². The van der Waals surface area contributed by atoms with Gasteiger partial charge in [-0.3, -0.25) is 14.2 Å². The highest BCUT2D eigenvalue weighted by Gasteiger charge is 2.18. The monoisotopic (exact) mass is 374 g/mol. The van der Waals surface area contributed by atoms with E-state index in [0.29, 0.717) is 27.3 Å². The Bertz CT molecular complexity index is 1040. The number of nitrogens with zero attached hydrogens (tertiary/aromatic N) is 2. The second-order valence-corrected chi connectivity index (χ2v) is 6.69. The summed E-state index contributed by atoms with van der Waals surface area (Å²) in [4.78, 5) is 30.4. The molecule has 0 spiro atoms. The molecular formula is C18H18N2O5S. The van der Waals surface area contributed by atoms with Gasteiger partial charge in [-0.2, -0.15) is 0 Å². The van der Waals surface area contributed by atoms with Crippen molar-refractivity contribution in [2.24, 2.45) is 0 Å². The number of aryl methyl sites for hydroxylation is 1. The van der Waals surface area contributed by atoms with Crippen LogP contribution in [0.1, 0.15) is 11.8 Å². The first kappa shape index (κ1) is 17.9. The molecule has 0 atom stereocenters. The largest absolute Gasteiger partial charge is 0.493 e. The fourth-order valence-electron chi connectivity index (χ4n) is 2.72. The first-order valence-corrected chi connectivity index (χ1v) is 8.77. The summed E-state index contributed by atoms with van der Waals surface area (Å²) in [6.45, 7) is 1.53. The molecule has 0 aliphatic rings. The van der Waals surface area contributed by atoms with Crippen LogP contribution in [0.5, 0.6) is 11.5 Å². The van der Waals surface area contributed by atoms with Crippen molar-refractivity contribution in [2.45, 2.75) is 19.9 Å². The zero-order valence-electron chi connectivity index (χ0n) is 14.6. The van der Waals surface area contributed by atoms with Crippen LogP contribution in [0.2, 0.25) is 0 Å². The SMILES string of the molecule is CCc1cc2c(=O)n(CC(=O)O)c(-c3ccc(OC)c(OC)c3)nc2s1. The molecule has 7 nitrogen and oxygen atoms in total. The molecule has 0 saturated carbocycles. The standard InChI is InChI=1S/C18H18N2O5S/c1-4-11-8-12-17(26-11)19-16(20(18(12)23)9-15(21)22)10-5-6-13(24-2)14(7-10)25-3/h5-8H,4,9H2,1-3H3,(H,21,22). The van der Waals surface area contributed by atoms with Crippen LogP contribution in [0.15, 0.2) is 29.1 Å². The van der Waals surface area contributed by atoms with Crippen LogP contribution >= 0.6 is 11.3 Å². The summed E-state index contributed by atoms with van der Waals surface area (Å²) in [5, 5.41) is 9.68. The van der Waals surface area contributed by atoms with Gasteiger partial charge in [0.1, 0.15) is 17.2 Å². The average molecular weight is 374 g/mol. The molecule has 1 N–H and O–H groups in total. The molecule has 0 fully saturated rings. The molecule has 0 unspecified atom stereocenters. The van der Waals surface area contributed by atoms with Crippen LogP contribution in [0.25, 0.3) is 21.6 Å². The Kier molecular flexibility index (Phi) is 4.94. The number of aliphatic carboxylic acids is 1. The molecule has 0 aliphatic carbocycles. The van der Waals surface area contributed by atoms with Crippen LogP contribution in [-0.2, 0) is 17.8 Å². The first-order chi connectivity index (χ1) is 12.5. The van der Waals surface area contributed by atoms with E-state index >= 15 is 0 Å². The van der Waals surface area contributed by atoms with Crippen molar-refractivity contribution in [2.75, 3.05) is 14.2 Å². The molecule has 1 aromatic carbocycles. The van der Waals surface area contributed by atoms with Crippen LogP contribution < -0.4 is 15.0 Å². The van der Waals surface area contributed by atoms with Gasteiger partial charge in [-0.25, -0.2) is 4.98 Å². The van der Waals surface area contributed by atoms with E-state index in [1.165, 1.54) is 30.1 Å². The smallest absolute Gasteiger partial charge is 0.323 e. The minimum Gasteiger partial charge on any atom is -0.493 e. The molecule has 0 aliphatic heterocycles. The minimum atomic E-state index is -1.11. The molecule has 3 rings (SSSR count). The fourth-order valence-corrected chi connectivity index (χ4v) is 3.68. The van der Waals surface area contributed by atoms with Gasteiger partial charge in [-0.05, 0) is 30.7 Å². The van der Waals surface area contributed by atoms with Gasteiger partial charge >= 0.3 is 5.97 Å². The van der Waals surface area contributed by atoms with E-state index in [1.807, 2.05) is 6.92 Å². The molecule has 0 saturated heterocycles. The molecule has 8 heteroatoms. The summed E-state index contributed by atoms with van der Waals surface area (Å²) in [6, 6.07) is 6.88. The van der Waals surface area contributed by atoms with Crippen molar-refractivity contribution >= 4 is 27.5 Å². The minimum absolute atomic E-state index is 0.287. The number of hydrogen-bond donors (Lipinski definition) is 1. The Labute approximate surface area is 153 Å². The molecular weight excluding hydrogens is 356 g/mol. The zero-order chi connectivity index (χ0) is 18.8. The van der Waals surface area contributed by atoms with Gasteiger partial charge in [-0.15, -0.1) is 11.3 Å². The van der Waals surface area contributed by atoms with Crippen molar-refractivity contribution < 1.29 is 19.4 Å². The number of carboxylic acids is 1. The second-order valence-electron chi connectivity index (χ2n) is 5.58. The van der Waals surface area contributed by atoms with Gasteiger partial charge in [0.05, 0.1) is 19.6 Å². The number of fused-ring (bicyclic) bond motifs is 1. The maximum Gasteiger partial charge on any atom is 0.323 e. The van der Waals surface area contributed by atoms with E-state index in [4.69, 9.17) is 9.47 Å². The first-order valence-electron chi connectivity index (χ1n) is 7.96. The predicted octanol–water partition coefficient (Wildman–Crippen LogP) is 2.79. The van der Waals surface area contributed by atoms with E-state index < -0.39 is 12.5 Å². The molecule has 0 radical (unpaired) electrons. The van der Waals surface area contributed by atoms with Gasteiger partial charge in [0.25, 0.3) is 5.56 Å². The molecule has 0 bridgehead atoms. The lowest BCUT2D eigenvalue weighted by atomic mass is 10.1. The van der Waals surface area contributed by atoms with Gasteiger partial charge in [0, 0.05) is 10.4 Å². The van der Waals surface area contributed by atoms with E-state index in [9.17, 15) is 14.7 Å². The summed E-state index contributed by atoms with van der Waals surface area (Å²) >= 11 is 1.44. The van der Waals surface area contributed by atoms with Crippen molar-refractivity contribution in [3.8, 4) is 22.9 Å². The number of aromatic nitrogens is 2.